The first-order valence-corrected chi connectivity index (χ1v) is 9.39. The lowest BCUT2D eigenvalue weighted by molar-refractivity contribution is -0.384. The second kappa shape index (κ2) is 7.55. The van der Waals surface area contributed by atoms with E-state index in [0.29, 0.717) is 22.2 Å². The predicted molar refractivity (Wildman–Crippen MR) is 109 cm³/mol. The summed E-state index contributed by atoms with van der Waals surface area (Å²) in [4.78, 5) is 34.9. The van der Waals surface area contributed by atoms with Crippen molar-refractivity contribution in [2.45, 2.75) is 13.1 Å². The average Bonchev–Trinajstić information content (AvgIpc) is 3.17. The number of nitro benzene ring substituents is 1. The Kier molecular flexibility index (Phi) is 4.91. The van der Waals surface area contributed by atoms with Crippen molar-refractivity contribution >= 4 is 32.5 Å². The molecule has 0 bridgehead atoms. The first-order valence-electron chi connectivity index (χ1n) is 8.60. The maximum absolute atomic E-state index is 12.4. The smallest absolute Gasteiger partial charge is 0.365 e. The van der Waals surface area contributed by atoms with Gasteiger partial charge in [0.05, 0.1) is 35.1 Å². The molecule has 0 unspecified atom stereocenters. The first kappa shape index (κ1) is 19.5. The van der Waals surface area contributed by atoms with Gasteiger partial charge < -0.3 is 5.21 Å². The predicted octanol–water partition coefficient (Wildman–Crippen LogP) is 1.76. The minimum atomic E-state index is -0.889. The van der Waals surface area contributed by atoms with Crippen LogP contribution < -0.4 is 11.2 Å². The second-order valence-electron chi connectivity index (χ2n) is 6.48. The average molecular weight is 473 g/mol. The lowest BCUT2D eigenvalue weighted by Crippen LogP contribution is -2.39. The van der Waals surface area contributed by atoms with Gasteiger partial charge in [-0.15, -0.1) is 5.10 Å². The van der Waals surface area contributed by atoms with Crippen molar-refractivity contribution in [2.75, 3.05) is 0 Å². The van der Waals surface area contributed by atoms with Gasteiger partial charge in [0.25, 0.3) is 11.2 Å². The molecular weight excluding hydrogens is 460 g/mol. The Labute approximate surface area is 175 Å². The molecule has 0 aliphatic rings. The van der Waals surface area contributed by atoms with E-state index in [0.717, 1.165) is 5.56 Å². The Bertz CT molecular complexity index is 1390. The number of nitro groups is 1. The van der Waals surface area contributed by atoms with Crippen molar-refractivity contribution in [3.8, 4) is 0 Å². The molecule has 30 heavy (non-hydrogen) atoms. The summed E-state index contributed by atoms with van der Waals surface area (Å²) in [5.74, 6) is 0. The fourth-order valence-electron chi connectivity index (χ4n) is 3.05. The van der Waals surface area contributed by atoms with E-state index >= 15 is 0 Å². The van der Waals surface area contributed by atoms with Gasteiger partial charge in [-0.2, -0.15) is 0 Å². The number of halogens is 1. The van der Waals surface area contributed by atoms with Crippen LogP contribution in [0.4, 0.5) is 5.69 Å². The zero-order valence-electron chi connectivity index (χ0n) is 15.2. The van der Waals surface area contributed by atoms with Crippen LogP contribution in [0.15, 0.2) is 62.7 Å². The molecule has 11 nitrogen and oxygen atoms in total. The summed E-state index contributed by atoms with van der Waals surface area (Å²) in [5, 5.41) is 28.8. The van der Waals surface area contributed by atoms with Crippen molar-refractivity contribution < 1.29 is 10.1 Å². The van der Waals surface area contributed by atoms with Gasteiger partial charge in [-0.25, -0.2) is 9.48 Å². The number of benzene rings is 2. The maximum atomic E-state index is 12.4. The molecule has 0 amide bonds. The van der Waals surface area contributed by atoms with E-state index in [1.807, 2.05) is 0 Å². The molecule has 1 N–H and O–H groups in total. The number of hydrogen-bond acceptors (Lipinski definition) is 7. The Morgan fingerprint density at radius 2 is 1.83 bits per heavy atom. The van der Waals surface area contributed by atoms with Crippen molar-refractivity contribution in [1.29, 1.82) is 0 Å². The highest BCUT2D eigenvalue weighted by atomic mass is 79.9. The third-order valence-corrected chi connectivity index (χ3v) is 4.98. The van der Waals surface area contributed by atoms with E-state index < -0.39 is 16.2 Å². The Hall–Kier alpha value is -3.80. The van der Waals surface area contributed by atoms with Gasteiger partial charge in [0.1, 0.15) is 5.69 Å². The summed E-state index contributed by atoms with van der Waals surface area (Å²) >= 11 is 3.27. The Morgan fingerprint density at radius 1 is 1.10 bits per heavy atom. The van der Waals surface area contributed by atoms with Crippen molar-refractivity contribution in [3.63, 3.8) is 0 Å². The van der Waals surface area contributed by atoms with E-state index in [1.165, 1.54) is 27.4 Å². The van der Waals surface area contributed by atoms with Crippen molar-refractivity contribution in [3.05, 3.63) is 95.3 Å². The lowest BCUT2D eigenvalue weighted by atomic mass is 10.2. The molecule has 152 valence electrons. The normalized spacial score (nSPS) is 11.1. The van der Waals surface area contributed by atoms with Crippen LogP contribution in [-0.4, -0.2) is 34.4 Å². The van der Waals surface area contributed by atoms with E-state index in [2.05, 4.69) is 26.2 Å². The minimum Gasteiger partial charge on any atom is -0.421 e. The summed E-state index contributed by atoms with van der Waals surface area (Å²) in [6, 6.07) is 10.9. The maximum Gasteiger partial charge on any atom is 0.365 e. The van der Waals surface area contributed by atoms with Gasteiger partial charge in [0.2, 0.25) is 0 Å². The second-order valence-corrected chi connectivity index (χ2v) is 7.39. The molecular formula is C18H13BrN6O5. The highest BCUT2D eigenvalue weighted by Gasteiger charge is 2.14. The SMILES string of the molecule is O=c1c2cc(Br)ccc2n(Cc2cn(Cc3ccc([N+](=O)[O-])cc3)nn2)c(=O)n1O. The standard InChI is InChI=1S/C18H13BrN6O5/c19-12-3-6-16-15(7-12)17(26)24(28)18(27)23(16)10-13-9-22(21-20-13)8-11-1-4-14(5-2-11)25(29)30/h1-7,9,28H,8,10H2. The van der Waals surface area contributed by atoms with E-state index in [9.17, 15) is 24.9 Å². The van der Waals surface area contributed by atoms with Gasteiger partial charge in [-0.05, 0) is 23.8 Å². The van der Waals surface area contributed by atoms with Crippen LogP contribution in [-0.2, 0) is 13.1 Å². The fraction of sp³-hybridized carbons (Fsp3) is 0.111. The van der Waals surface area contributed by atoms with Crippen LogP contribution >= 0.6 is 15.9 Å². The minimum absolute atomic E-state index is 0.00459. The molecule has 4 aromatic rings. The largest absolute Gasteiger partial charge is 0.421 e. The molecule has 4 rings (SSSR count). The van der Waals surface area contributed by atoms with Crippen LogP contribution in [0.1, 0.15) is 11.3 Å². The number of nitrogens with zero attached hydrogens (tertiary/aromatic N) is 6. The molecule has 0 aliphatic heterocycles. The zero-order chi connectivity index (χ0) is 21.4. The Balaban J connectivity index is 1.64. The van der Waals surface area contributed by atoms with Gasteiger partial charge >= 0.3 is 5.69 Å². The molecule has 2 aromatic heterocycles. The van der Waals surface area contributed by atoms with Gasteiger partial charge in [-0.1, -0.05) is 38.0 Å². The molecule has 0 fully saturated rings. The quantitative estimate of drug-likeness (QED) is 0.265. The highest BCUT2D eigenvalue weighted by molar-refractivity contribution is 9.10. The van der Waals surface area contributed by atoms with E-state index in [4.69, 9.17) is 0 Å². The van der Waals surface area contributed by atoms with Crippen LogP contribution in [0.2, 0.25) is 0 Å². The number of non-ortho nitro benzene ring substituents is 1. The zero-order valence-corrected chi connectivity index (χ0v) is 16.8. The molecule has 0 saturated carbocycles. The molecule has 2 heterocycles. The number of aromatic nitrogens is 5. The summed E-state index contributed by atoms with van der Waals surface area (Å²) in [5.41, 5.74) is -0.136. The fourth-order valence-corrected chi connectivity index (χ4v) is 3.41. The third-order valence-electron chi connectivity index (χ3n) is 4.48. The van der Waals surface area contributed by atoms with Crippen LogP contribution in [0.3, 0.4) is 0 Å². The van der Waals surface area contributed by atoms with Gasteiger partial charge in [0, 0.05) is 16.6 Å². The monoisotopic (exact) mass is 472 g/mol. The third kappa shape index (κ3) is 3.59. The summed E-state index contributed by atoms with van der Waals surface area (Å²) in [7, 11) is 0. The summed E-state index contributed by atoms with van der Waals surface area (Å²) in [6.45, 7) is 0.311. The Morgan fingerprint density at radius 3 is 2.53 bits per heavy atom. The lowest BCUT2D eigenvalue weighted by Gasteiger charge is -2.09. The first-order chi connectivity index (χ1) is 14.3. The number of rotatable bonds is 5. The molecule has 0 aliphatic carbocycles. The molecule has 2 aromatic carbocycles. The molecule has 0 atom stereocenters. The van der Waals surface area contributed by atoms with Crippen LogP contribution in [0, 0.1) is 10.1 Å². The molecule has 12 heteroatoms. The van der Waals surface area contributed by atoms with E-state index in [-0.39, 0.29) is 22.3 Å². The topological polar surface area (TPSA) is 138 Å². The van der Waals surface area contributed by atoms with Crippen molar-refractivity contribution in [2.24, 2.45) is 0 Å². The van der Waals surface area contributed by atoms with Crippen LogP contribution in [0.5, 0.6) is 0 Å². The highest BCUT2D eigenvalue weighted by Crippen LogP contribution is 2.17. The summed E-state index contributed by atoms with van der Waals surface area (Å²) in [6.07, 6.45) is 1.62. The molecule has 0 spiro atoms. The number of fused-ring (bicyclic) bond motifs is 1. The molecule has 0 radical (unpaired) electrons. The van der Waals surface area contributed by atoms with Gasteiger partial charge in [-0.3, -0.25) is 19.5 Å². The summed E-state index contributed by atoms with van der Waals surface area (Å²) < 4.78 is 3.45. The van der Waals surface area contributed by atoms with Crippen LogP contribution in [0.25, 0.3) is 10.9 Å². The van der Waals surface area contributed by atoms with E-state index in [1.54, 1.807) is 30.5 Å². The van der Waals surface area contributed by atoms with Crippen molar-refractivity contribution in [1.82, 2.24) is 24.3 Å². The van der Waals surface area contributed by atoms with Gasteiger partial charge in [0.15, 0.2) is 0 Å². The molecule has 0 saturated heterocycles. The number of hydrogen-bond donors (Lipinski definition) is 1.